The first-order chi connectivity index (χ1) is 12.1. The molecule has 6 nitrogen and oxygen atoms in total. The number of piperidine rings is 1. The van der Waals surface area contributed by atoms with Crippen molar-refractivity contribution in [2.45, 2.75) is 32.2 Å². The first-order valence-electron chi connectivity index (χ1n) is 8.75. The molecule has 0 atom stereocenters. The van der Waals surface area contributed by atoms with Gasteiger partial charge in [-0.2, -0.15) is 0 Å². The first kappa shape index (κ1) is 22.8. The molecule has 0 aromatic heterocycles. The van der Waals surface area contributed by atoms with Crippen molar-refractivity contribution < 1.29 is 9.53 Å². The van der Waals surface area contributed by atoms with Crippen molar-refractivity contribution in [2.75, 3.05) is 33.3 Å². The van der Waals surface area contributed by atoms with Crippen LogP contribution in [-0.4, -0.2) is 56.3 Å². The molecule has 8 heteroatoms. The van der Waals surface area contributed by atoms with E-state index >= 15 is 0 Å². The number of aliphatic imine (C=N–C) groups is 1. The number of nitrogens with zero attached hydrogens (tertiary/aromatic N) is 2. The number of likely N-dealkylation sites (tertiary alicyclic amines) is 1. The number of halogens is 2. The fourth-order valence-electron chi connectivity index (χ4n) is 2.79. The Morgan fingerprint density at radius 2 is 1.96 bits per heavy atom. The number of carbonyl (C=O) groups is 1. The third kappa shape index (κ3) is 7.57. The normalized spacial score (nSPS) is 15.2. The molecule has 0 unspecified atom stereocenters. The van der Waals surface area contributed by atoms with Crippen LogP contribution in [0.15, 0.2) is 29.3 Å². The lowest BCUT2D eigenvalue weighted by atomic mass is 10.1. The van der Waals surface area contributed by atoms with Crippen LogP contribution in [0.4, 0.5) is 4.79 Å². The molecule has 1 aromatic carbocycles. The van der Waals surface area contributed by atoms with Crippen molar-refractivity contribution in [2.24, 2.45) is 4.99 Å². The maximum atomic E-state index is 11.7. The minimum Gasteiger partial charge on any atom is -0.450 e. The van der Waals surface area contributed by atoms with Crippen LogP contribution in [0.5, 0.6) is 0 Å². The van der Waals surface area contributed by atoms with Gasteiger partial charge >= 0.3 is 6.09 Å². The highest BCUT2D eigenvalue weighted by Crippen LogP contribution is 2.12. The fourth-order valence-corrected chi connectivity index (χ4v) is 2.91. The van der Waals surface area contributed by atoms with Crippen molar-refractivity contribution >= 4 is 47.6 Å². The Morgan fingerprint density at radius 3 is 2.54 bits per heavy atom. The standard InChI is InChI=1S/C18H27ClN4O2.HI/c1-3-25-18(24)23-12-9-16(10-13-23)22-17(20-2)21-11-8-14-4-6-15(19)7-5-14;/h4-7,16H,3,8-13H2,1-2H3,(H2,20,21,22);1H. The number of rotatable bonds is 5. The zero-order valence-electron chi connectivity index (χ0n) is 15.3. The highest BCUT2D eigenvalue weighted by atomic mass is 127. The topological polar surface area (TPSA) is 66.0 Å². The van der Waals surface area contributed by atoms with Gasteiger partial charge in [0, 0.05) is 37.7 Å². The summed E-state index contributed by atoms with van der Waals surface area (Å²) in [6.07, 6.45) is 2.46. The lowest BCUT2D eigenvalue weighted by Crippen LogP contribution is -2.50. The Morgan fingerprint density at radius 1 is 1.31 bits per heavy atom. The van der Waals surface area contributed by atoms with Crippen LogP contribution in [0.1, 0.15) is 25.3 Å². The summed E-state index contributed by atoms with van der Waals surface area (Å²) in [6, 6.07) is 8.19. The fraction of sp³-hybridized carbons (Fsp3) is 0.556. The number of hydrogen-bond donors (Lipinski definition) is 2. The van der Waals surface area contributed by atoms with Crippen LogP contribution in [-0.2, 0) is 11.2 Å². The molecule has 1 amide bonds. The Bertz CT molecular complexity index is 575. The van der Waals surface area contributed by atoms with Crippen LogP contribution in [0, 0.1) is 0 Å². The maximum absolute atomic E-state index is 11.7. The molecular weight excluding hydrogens is 467 g/mol. The molecule has 0 radical (unpaired) electrons. The Hall–Kier alpha value is -1.22. The third-order valence-corrected chi connectivity index (χ3v) is 4.46. The summed E-state index contributed by atoms with van der Waals surface area (Å²) >= 11 is 5.90. The van der Waals surface area contributed by atoms with E-state index in [0.717, 1.165) is 36.8 Å². The van der Waals surface area contributed by atoms with Gasteiger partial charge in [-0.15, -0.1) is 24.0 Å². The summed E-state index contributed by atoms with van der Waals surface area (Å²) in [5, 5.41) is 7.52. The summed E-state index contributed by atoms with van der Waals surface area (Å²) in [6.45, 7) is 4.45. The molecule has 1 fully saturated rings. The van der Waals surface area contributed by atoms with Gasteiger partial charge in [0.25, 0.3) is 0 Å². The average Bonchev–Trinajstić information content (AvgIpc) is 2.63. The van der Waals surface area contributed by atoms with Crippen LogP contribution >= 0.6 is 35.6 Å². The van der Waals surface area contributed by atoms with Crippen molar-refractivity contribution in [3.8, 4) is 0 Å². The average molecular weight is 495 g/mol. The molecule has 1 aromatic rings. The summed E-state index contributed by atoms with van der Waals surface area (Å²) < 4.78 is 5.04. The molecule has 0 spiro atoms. The van der Waals surface area contributed by atoms with Gasteiger partial charge in [-0.25, -0.2) is 4.79 Å². The minimum atomic E-state index is -0.216. The second-order valence-corrected chi connectivity index (χ2v) is 6.42. The molecule has 0 bridgehead atoms. The third-order valence-electron chi connectivity index (χ3n) is 4.20. The predicted molar refractivity (Wildman–Crippen MR) is 117 cm³/mol. The Kier molecular flexibility index (Phi) is 10.7. The van der Waals surface area contributed by atoms with E-state index in [9.17, 15) is 4.79 Å². The largest absolute Gasteiger partial charge is 0.450 e. The Balaban J connectivity index is 0.00000338. The van der Waals surface area contributed by atoms with Crippen molar-refractivity contribution in [1.82, 2.24) is 15.5 Å². The number of ether oxygens (including phenoxy) is 1. The van der Waals surface area contributed by atoms with Gasteiger partial charge in [-0.3, -0.25) is 4.99 Å². The second-order valence-electron chi connectivity index (χ2n) is 5.98. The number of hydrogen-bond acceptors (Lipinski definition) is 3. The van der Waals surface area contributed by atoms with Gasteiger partial charge in [0.1, 0.15) is 0 Å². The van der Waals surface area contributed by atoms with Gasteiger partial charge < -0.3 is 20.3 Å². The number of amides is 1. The van der Waals surface area contributed by atoms with E-state index < -0.39 is 0 Å². The zero-order chi connectivity index (χ0) is 18.1. The van der Waals surface area contributed by atoms with E-state index in [0.29, 0.717) is 25.7 Å². The molecule has 26 heavy (non-hydrogen) atoms. The molecule has 0 saturated carbocycles. The second kappa shape index (κ2) is 12.2. The predicted octanol–water partition coefficient (Wildman–Crippen LogP) is 3.29. The quantitative estimate of drug-likeness (QED) is 0.375. The molecule has 0 aliphatic carbocycles. The number of benzene rings is 1. The summed E-state index contributed by atoms with van der Waals surface area (Å²) in [5.41, 5.74) is 1.23. The van der Waals surface area contributed by atoms with E-state index in [1.165, 1.54) is 5.56 Å². The van der Waals surface area contributed by atoms with Crippen LogP contribution < -0.4 is 10.6 Å². The van der Waals surface area contributed by atoms with E-state index in [-0.39, 0.29) is 30.1 Å². The van der Waals surface area contributed by atoms with Crippen molar-refractivity contribution in [3.63, 3.8) is 0 Å². The summed E-state index contributed by atoms with van der Waals surface area (Å²) in [5.74, 6) is 0.795. The van der Waals surface area contributed by atoms with E-state index in [4.69, 9.17) is 16.3 Å². The summed E-state index contributed by atoms with van der Waals surface area (Å²) in [7, 11) is 1.77. The SMILES string of the molecule is CCOC(=O)N1CCC(NC(=NC)NCCc2ccc(Cl)cc2)CC1.I. The van der Waals surface area contributed by atoms with Crippen LogP contribution in [0.25, 0.3) is 0 Å². The van der Waals surface area contributed by atoms with Crippen molar-refractivity contribution in [3.05, 3.63) is 34.9 Å². The highest BCUT2D eigenvalue weighted by Gasteiger charge is 2.23. The van der Waals surface area contributed by atoms with Gasteiger partial charge in [0.15, 0.2) is 5.96 Å². The van der Waals surface area contributed by atoms with Crippen LogP contribution in [0.3, 0.4) is 0 Å². The van der Waals surface area contributed by atoms with Gasteiger partial charge in [-0.05, 0) is 43.9 Å². The number of guanidine groups is 1. The monoisotopic (exact) mass is 494 g/mol. The summed E-state index contributed by atoms with van der Waals surface area (Å²) in [4.78, 5) is 17.8. The van der Waals surface area contributed by atoms with Gasteiger partial charge in [-0.1, -0.05) is 23.7 Å². The molecule has 2 rings (SSSR count). The van der Waals surface area contributed by atoms with E-state index in [2.05, 4.69) is 15.6 Å². The van der Waals surface area contributed by atoms with Crippen LogP contribution in [0.2, 0.25) is 5.02 Å². The number of carbonyl (C=O) groups excluding carboxylic acids is 1. The van der Waals surface area contributed by atoms with Gasteiger partial charge in [0.2, 0.25) is 0 Å². The molecule has 2 N–H and O–H groups in total. The lowest BCUT2D eigenvalue weighted by Gasteiger charge is -2.32. The molecule has 1 saturated heterocycles. The number of nitrogens with one attached hydrogen (secondary N) is 2. The molecular formula is C18H28ClIN4O2. The molecule has 1 heterocycles. The molecule has 1 aliphatic heterocycles. The first-order valence-corrected chi connectivity index (χ1v) is 9.13. The van der Waals surface area contributed by atoms with Gasteiger partial charge in [0.05, 0.1) is 6.61 Å². The Labute approximate surface area is 177 Å². The smallest absolute Gasteiger partial charge is 0.409 e. The molecule has 1 aliphatic rings. The van der Waals surface area contributed by atoms with E-state index in [1.54, 1.807) is 11.9 Å². The van der Waals surface area contributed by atoms with Crippen molar-refractivity contribution in [1.29, 1.82) is 0 Å². The lowest BCUT2D eigenvalue weighted by molar-refractivity contribution is 0.0963. The molecule has 146 valence electrons. The minimum absolute atomic E-state index is 0. The van der Waals surface area contributed by atoms with E-state index in [1.807, 2.05) is 31.2 Å². The maximum Gasteiger partial charge on any atom is 0.409 e. The zero-order valence-corrected chi connectivity index (χ0v) is 18.4. The highest BCUT2D eigenvalue weighted by molar-refractivity contribution is 14.0.